The molecule has 1 aliphatic carbocycles. The molecule has 0 aromatic carbocycles. The zero-order valence-corrected chi connectivity index (χ0v) is 16.4. The summed E-state index contributed by atoms with van der Waals surface area (Å²) >= 11 is 0. The maximum atomic E-state index is 12.9. The summed E-state index contributed by atoms with van der Waals surface area (Å²) in [6, 6.07) is 0. The Morgan fingerprint density at radius 2 is 1.70 bits per heavy atom. The molecule has 2 fully saturated rings. The summed E-state index contributed by atoms with van der Waals surface area (Å²) in [6.07, 6.45) is 8.58. The van der Waals surface area contributed by atoms with Gasteiger partial charge >= 0.3 is 0 Å². The van der Waals surface area contributed by atoms with E-state index in [1.807, 2.05) is 4.90 Å². The molecule has 1 atom stereocenters. The first-order valence-corrected chi connectivity index (χ1v) is 10.6. The van der Waals surface area contributed by atoms with Crippen LogP contribution < -0.4 is 0 Å². The van der Waals surface area contributed by atoms with E-state index in [1.54, 1.807) is 6.92 Å². The van der Waals surface area contributed by atoms with Gasteiger partial charge in [0.25, 0.3) is 0 Å². The van der Waals surface area contributed by atoms with Crippen molar-refractivity contribution < 1.29 is 9.59 Å². The number of fused-ring (bicyclic) bond motifs is 1. The molecule has 2 amide bonds. The molecule has 3 heterocycles. The fraction of sp³-hybridized carbons (Fsp3) is 0.800. The lowest BCUT2D eigenvalue weighted by Gasteiger charge is -2.32. The largest absolute Gasteiger partial charge is 0.342 e. The summed E-state index contributed by atoms with van der Waals surface area (Å²) < 4.78 is 2.22. The van der Waals surface area contributed by atoms with Gasteiger partial charge in [-0.25, -0.2) is 0 Å². The second-order valence-electron chi connectivity index (χ2n) is 8.34. The number of piperidine rings is 1. The predicted octanol–water partition coefficient (Wildman–Crippen LogP) is 1.97. The van der Waals surface area contributed by atoms with Crippen LogP contribution in [0.15, 0.2) is 0 Å². The van der Waals surface area contributed by atoms with Crippen LogP contribution in [0.2, 0.25) is 0 Å². The zero-order valence-electron chi connectivity index (χ0n) is 16.4. The van der Waals surface area contributed by atoms with Gasteiger partial charge in [0.2, 0.25) is 11.8 Å². The molecule has 2 aliphatic heterocycles. The topological polar surface area (TPSA) is 71.3 Å². The molecule has 7 nitrogen and oxygen atoms in total. The smallest absolute Gasteiger partial charge is 0.225 e. The van der Waals surface area contributed by atoms with Crippen LogP contribution in [0.3, 0.4) is 0 Å². The normalized spacial score (nSPS) is 24.4. The molecule has 0 N–H and O–H groups in total. The summed E-state index contributed by atoms with van der Waals surface area (Å²) in [6.45, 7) is 5.48. The maximum Gasteiger partial charge on any atom is 0.225 e. The van der Waals surface area contributed by atoms with Crippen molar-refractivity contribution in [1.29, 1.82) is 0 Å². The molecular formula is C20H31N5O2. The van der Waals surface area contributed by atoms with Gasteiger partial charge in [0.05, 0.1) is 0 Å². The molecule has 0 bridgehead atoms. The van der Waals surface area contributed by atoms with Gasteiger partial charge in [0.1, 0.15) is 11.6 Å². The van der Waals surface area contributed by atoms with E-state index in [2.05, 4.69) is 19.7 Å². The SMILES string of the molecule is CC(=O)N1CCC[C@@H](c2nnc3n2CCN(C(=O)C2CCCCC2)CC3)C1. The van der Waals surface area contributed by atoms with Gasteiger partial charge in [-0.15, -0.1) is 10.2 Å². The van der Waals surface area contributed by atoms with E-state index in [0.29, 0.717) is 5.91 Å². The van der Waals surface area contributed by atoms with Gasteiger partial charge in [-0.05, 0) is 25.7 Å². The van der Waals surface area contributed by atoms with E-state index in [9.17, 15) is 9.59 Å². The van der Waals surface area contributed by atoms with Crippen LogP contribution in [-0.2, 0) is 22.6 Å². The zero-order chi connectivity index (χ0) is 18.8. The third-order valence-electron chi connectivity index (χ3n) is 6.55. The molecule has 3 aliphatic rings. The summed E-state index contributed by atoms with van der Waals surface area (Å²) in [5.41, 5.74) is 0. The minimum Gasteiger partial charge on any atom is -0.342 e. The van der Waals surface area contributed by atoms with Crippen LogP contribution >= 0.6 is 0 Å². The molecule has 1 aromatic heterocycles. The summed E-state index contributed by atoms with van der Waals surface area (Å²) in [5, 5.41) is 8.93. The highest BCUT2D eigenvalue weighted by atomic mass is 16.2. The lowest BCUT2D eigenvalue weighted by molar-refractivity contribution is -0.136. The van der Waals surface area contributed by atoms with Crippen molar-refractivity contribution in [3.63, 3.8) is 0 Å². The molecule has 1 saturated heterocycles. The maximum absolute atomic E-state index is 12.9. The number of hydrogen-bond donors (Lipinski definition) is 0. The van der Waals surface area contributed by atoms with Crippen LogP contribution in [-0.4, -0.2) is 62.6 Å². The average molecular weight is 374 g/mol. The average Bonchev–Trinajstić information content (AvgIpc) is 2.99. The Balaban J connectivity index is 1.44. The van der Waals surface area contributed by atoms with E-state index < -0.39 is 0 Å². The first-order chi connectivity index (χ1) is 13.1. The fourth-order valence-corrected chi connectivity index (χ4v) is 4.95. The molecule has 1 aromatic rings. The van der Waals surface area contributed by atoms with Gasteiger partial charge in [0.15, 0.2) is 0 Å². The monoisotopic (exact) mass is 373 g/mol. The van der Waals surface area contributed by atoms with Crippen LogP contribution in [0.5, 0.6) is 0 Å². The molecule has 148 valence electrons. The Hall–Kier alpha value is -1.92. The quantitative estimate of drug-likeness (QED) is 0.795. The molecule has 0 radical (unpaired) electrons. The second-order valence-corrected chi connectivity index (χ2v) is 8.34. The van der Waals surface area contributed by atoms with Crippen molar-refractivity contribution in [2.45, 2.75) is 70.8 Å². The van der Waals surface area contributed by atoms with Crippen molar-refractivity contribution in [2.75, 3.05) is 26.2 Å². The third kappa shape index (κ3) is 3.87. The number of carbonyl (C=O) groups is 2. The van der Waals surface area contributed by atoms with Crippen molar-refractivity contribution in [1.82, 2.24) is 24.6 Å². The lowest BCUT2D eigenvalue weighted by Crippen LogP contribution is -2.39. The number of aromatic nitrogens is 3. The Kier molecular flexibility index (Phi) is 5.45. The van der Waals surface area contributed by atoms with Gasteiger partial charge in [-0.3, -0.25) is 9.59 Å². The predicted molar refractivity (Wildman–Crippen MR) is 101 cm³/mol. The number of amides is 2. The van der Waals surface area contributed by atoms with E-state index in [-0.39, 0.29) is 17.7 Å². The third-order valence-corrected chi connectivity index (χ3v) is 6.55. The number of nitrogens with zero attached hydrogens (tertiary/aromatic N) is 5. The number of carbonyl (C=O) groups excluding carboxylic acids is 2. The molecule has 0 spiro atoms. The molecule has 4 rings (SSSR count). The molecule has 27 heavy (non-hydrogen) atoms. The van der Waals surface area contributed by atoms with Gasteiger partial charge in [0, 0.05) is 57.9 Å². The molecule has 7 heteroatoms. The lowest BCUT2D eigenvalue weighted by atomic mass is 9.88. The Bertz CT molecular complexity index is 695. The van der Waals surface area contributed by atoms with Gasteiger partial charge in [-0.2, -0.15) is 0 Å². The first kappa shape index (κ1) is 18.4. The van der Waals surface area contributed by atoms with Crippen LogP contribution in [0.1, 0.15) is 69.4 Å². The highest BCUT2D eigenvalue weighted by molar-refractivity contribution is 5.79. The minimum atomic E-state index is 0.138. The Morgan fingerprint density at radius 1 is 0.889 bits per heavy atom. The highest BCUT2D eigenvalue weighted by Crippen LogP contribution is 2.28. The molecule has 0 unspecified atom stereocenters. The van der Waals surface area contributed by atoms with Crippen LogP contribution in [0.25, 0.3) is 0 Å². The van der Waals surface area contributed by atoms with E-state index in [0.717, 1.165) is 76.5 Å². The number of likely N-dealkylation sites (tertiary alicyclic amines) is 1. The number of rotatable bonds is 2. The summed E-state index contributed by atoms with van der Waals surface area (Å²) in [7, 11) is 0. The van der Waals surface area contributed by atoms with E-state index in [1.165, 1.54) is 19.3 Å². The Morgan fingerprint density at radius 3 is 2.48 bits per heavy atom. The van der Waals surface area contributed by atoms with Crippen LogP contribution in [0, 0.1) is 5.92 Å². The Labute approximate surface area is 161 Å². The van der Waals surface area contributed by atoms with E-state index in [4.69, 9.17) is 0 Å². The van der Waals surface area contributed by atoms with Crippen molar-refractivity contribution in [2.24, 2.45) is 5.92 Å². The van der Waals surface area contributed by atoms with Gasteiger partial charge < -0.3 is 14.4 Å². The van der Waals surface area contributed by atoms with E-state index >= 15 is 0 Å². The number of hydrogen-bond acceptors (Lipinski definition) is 4. The summed E-state index contributed by atoms with van der Waals surface area (Å²) in [4.78, 5) is 28.7. The highest BCUT2D eigenvalue weighted by Gasteiger charge is 2.31. The van der Waals surface area contributed by atoms with Crippen molar-refractivity contribution in [3.05, 3.63) is 11.6 Å². The molecule has 1 saturated carbocycles. The van der Waals surface area contributed by atoms with Gasteiger partial charge in [-0.1, -0.05) is 19.3 Å². The van der Waals surface area contributed by atoms with Crippen LogP contribution in [0.4, 0.5) is 0 Å². The first-order valence-electron chi connectivity index (χ1n) is 10.6. The van der Waals surface area contributed by atoms with Crippen molar-refractivity contribution in [3.8, 4) is 0 Å². The fourth-order valence-electron chi connectivity index (χ4n) is 4.95. The molecular weight excluding hydrogens is 342 g/mol. The minimum absolute atomic E-state index is 0.138. The summed E-state index contributed by atoms with van der Waals surface area (Å²) in [5.74, 6) is 2.95. The second kappa shape index (κ2) is 7.98. The van der Waals surface area contributed by atoms with Crippen molar-refractivity contribution >= 4 is 11.8 Å². The standard InChI is InChI=1S/C20H31N5O2/c1-15(26)24-10-5-8-17(14-24)19-22-21-18-9-11-23(12-13-25(18)19)20(27)16-6-3-2-4-7-16/h16-17H,2-14H2,1H3/t17-/m1/s1.